The number of rotatable bonds is 6. The van der Waals surface area contributed by atoms with Crippen LogP contribution in [0.1, 0.15) is 86.5 Å². The second-order valence-corrected chi connectivity index (χ2v) is 13.4. The molecule has 1 N–H and O–H groups in total. The second-order valence-electron chi connectivity index (χ2n) is 13.4. The summed E-state index contributed by atoms with van der Waals surface area (Å²) < 4.78 is 63.0. The van der Waals surface area contributed by atoms with E-state index in [-0.39, 0.29) is 23.9 Å². The van der Waals surface area contributed by atoms with Gasteiger partial charge in [0, 0.05) is 37.6 Å². The molecule has 1 amide bonds. The second kappa shape index (κ2) is 11.4. The van der Waals surface area contributed by atoms with E-state index in [0.29, 0.717) is 56.6 Å². The Hall–Kier alpha value is -3.14. The predicted molar refractivity (Wildman–Crippen MR) is 154 cm³/mol. The van der Waals surface area contributed by atoms with E-state index in [2.05, 4.69) is 0 Å². The highest BCUT2D eigenvalue weighted by molar-refractivity contribution is 5.87. The zero-order chi connectivity index (χ0) is 31.3. The normalized spacial score (nSPS) is 27.2. The zero-order valence-corrected chi connectivity index (χ0v) is 25.1. The third kappa shape index (κ3) is 6.12. The van der Waals surface area contributed by atoms with E-state index >= 15 is 4.39 Å². The molecular weight excluding hydrogens is 564 g/mol. The van der Waals surface area contributed by atoms with Gasteiger partial charge in [-0.05, 0) is 99.2 Å². The quantitative estimate of drug-likeness (QED) is 0.376. The van der Waals surface area contributed by atoms with Gasteiger partial charge < -0.3 is 14.7 Å². The van der Waals surface area contributed by atoms with Gasteiger partial charge in [-0.2, -0.15) is 13.2 Å². The van der Waals surface area contributed by atoms with Crippen molar-refractivity contribution in [2.24, 2.45) is 5.92 Å². The lowest BCUT2D eigenvalue weighted by Gasteiger charge is -2.39. The number of likely N-dealkylation sites (tertiary alicyclic amines) is 2. The van der Waals surface area contributed by atoms with E-state index in [1.54, 1.807) is 24.1 Å². The summed E-state index contributed by atoms with van der Waals surface area (Å²) in [6, 6.07) is 10.9. The van der Waals surface area contributed by atoms with E-state index in [4.69, 9.17) is 4.74 Å². The van der Waals surface area contributed by atoms with E-state index in [1.165, 1.54) is 12.1 Å². The molecule has 0 bridgehead atoms. The van der Waals surface area contributed by atoms with Crippen LogP contribution in [-0.4, -0.2) is 71.3 Å². The van der Waals surface area contributed by atoms with E-state index in [9.17, 15) is 27.9 Å². The summed E-state index contributed by atoms with van der Waals surface area (Å²) in [6.45, 7) is 6.96. The first-order chi connectivity index (χ1) is 20.1. The Balaban J connectivity index is 1.35. The standard InChI is InChI=1S/C33H40F4N2O4/c1-31(2,3)39-18-28(21-5-8-25(43-4)9-6-21)32(34,19-39)30(42)38-13-11-20(12-14-38)26-10-7-24(33(35,36)37)17-27(26)22-15-23(16-22)29(40)41/h5-10,17,20,22-23,28H,11-16,18-19H2,1-4H3,(H,40,41)/t22-,23-,28-,32-/m0/s1. The molecule has 2 atom stereocenters. The molecule has 2 heterocycles. The molecule has 0 unspecified atom stereocenters. The number of aliphatic carboxylic acids is 1. The molecule has 234 valence electrons. The number of carboxylic acids is 1. The third-order valence-corrected chi connectivity index (χ3v) is 9.76. The summed E-state index contributed by atoms with van der Waals surface area (Å²) in [6.07, 6.45) is -2.90. The highest BCUT2D eigenvalue weighted by Crippen LogP contribution is 2.48. The van der Waals surface area contributed by atoms with Crippen molar-refractivity contribution < 1.29 is 37.0 Å². The average Bonchev–Trinajstić information content (AvgIpc) is 3.30. The van der Waals surface area contributed by atoms with Crippen molar-refractivity contribution in [2.75, 3.05) is 33.3 Å². The molecule has 2 aromatic rings. The molecule has 0 radical (unpaired) electrons. The van der Waals surface area contributed by atoms with Crippen LogP contribution in [0.2, 0.25) is 0 Å². The Morgan fingerprint density at radius 2 is 1.58 bits per heavy atom. The van der Waals surface area contributed by atoms with Crippen molar-refractivity contribution in [1.82, 2.24) is 9.80 Å². The van der Waals surface area contributed by atoms with Crippen LogP contribution >= 0.6 is 0 Å². The van der Waals surface area contributed by atoms with Crippen LogP contribution in [0.3, 0.4) is 0 Å². The number of hydrogen-bond donors (Lipinski definition) is 1. The van der Waals surface area contributed by atoms with Gasteiger partial charge in [-0.3, -0.25) is 14.5 Å². The molecule has 5 rings (SSSR count). The van der Waals surface area contributed by atoms with Crippen LogP contribution in [0.25, 0.3) is 0 Å². The Kier molecular flexibility index (Phi) is 8.31. The zero-order valence-electron chi connectivity index (χ0n) is 25.1. The first-order valence-corrected chi connectivity index (χ1v) is 14.9. The highest BCUT2D eigenvalue weighted by atomic mass is 19.4. The first kappa shape index (κ1) is 31.3. The van der Waals surface area contributed by atoms with Gasteiger partial charge in [-0.25, -0.2) is 4.39 Å². The van der Waals surface area contributed by atoms with Gasteiger partial charge in [0.25, 0.3) is 5.91 Å². The van der Waals surface area contributed by atoms with Crippen LogP contribution in [0.5, 0.6) is 5.75 Å². The van der Waals surface area contributed by atoms with Gasteiger partial charge in [0.05, 0.1) is 18.6 Å². The molecule has 1 aliphatic carbocycles. The predicted octanol–water partition coefficient (Wildman–Crippen LogP) is 6.60. The molecule has 0 spiro atoms. The van der Waals surface area contributed by atoms with Crippen molar-refractivity contribution in [3.8, 4) is 5.75 Å². The molecule has 3 aliphatic rings. The number of alkyl halides is 4. The molecule has 3 fully saturated rings. The molecule has 2 saturated heterocycles. The monoisotopic (exact) mass is 604 g/mol. The lowest BCUT2D eigenvalue weighted by atomic mass is 9.68. The number of benzene rings is 2. The molecule has 0 aromatic heterocycles. The smallest absolute Gasteiger partial charge is 0.416 e. The molecule has 2 aromatic carbocycles. The van der Waals surface area contributed by atoms with Crippen LogP contribution in [0, 0.1) is 5.92 Å². The van der Waals surface area contributed by atoms with E-state index in [1.807, 2.05) is 37.8 Å². The Bertz CT molecular complexity index is 1340. The SMILES string of the molecule is COc1ccc([C@@H]2CN(C(C)(C)C)C[C@@]2(F)C(=O)N2CCC(c3ccc(C(F)(F)F)cc3[C@H]3C[C@H](C(=O)O)C3)CC2)cc1. The Morgan fingerprint density at radius 1 is 0.953 bits per heavy atom. The van der Waals surface area contributed by atoms with Crippen LogP contribution in [0.4, 0.5) is 17.6 Å². The lowest BCUT2D eigenvalue weighted by molar-refractivity contribution is -0.146. The summed E-state index contributed by atoms with van der Waals surface area (Å²) in [5.74, 6) is -2.39. The number of hydrogen-bond acceptors (Lipinski definition) is 4. The molecule has 1 saturated carbocycles. The Labute approximate surface area is 250 Å². The number of ether oxygens (including phenoxy) is 1. The van der Waals surface area contributed by atoms with Crippen molar-refractivity contribution >= 4 is 11.9 Å². The van der Waals surface area contributed by atoms with E-state index < -0.39 is 41.1 Å². The van der Waals surface area contributed by atoms with Crippen molar-refractivity contribution in [3.63, 3.8) is 0 Å². The molecular formula is C33H40F4N2O4. The number of halogens is 4. The van der Waals surface area contributed by atoms with Gasteiger partial charge in [-0.15, -0.1) is 0 Å². The van der Waals surface area contributed by atoms with Crippen molar-refractivity contribution in [3.05, 3.63) is 64.7 Å². The Morgan fingerprint density at radius 3 is 2.12 bits per heavy atom. The molecule has 6 nitrogen and oxygen atoms in total. The maximum absolute atomic E-state index is 17.1. The number of methoxy groups -OCH3 is 1. The van der Waals surface area contributed by atoms with E-state index in [0.717, 1.165) is 17.2 Å². The van der Waals surface area contributed by atoms with Crippen LogP contribution < -0.4 is 4.74 Å². The van der Waals surface area contributed by atoms with Crippen molar-refractivity contribution in [1.29, 1.82) is 0 Å². The molecule has 10 heteroatoms. The minimum absolute atomic E-state index is 0.0264. The molecule has 43 heavy (non-hydrogen) atoms. The van der Waals surface area contributed by atoms with Gasteiger partial charge >= 0.3 is 12.1 Å². The van der Waals surface area contributed by atoms with Gasteiger partial charge in [-0.1, -0.05) is 18.2 Å². The number of carboxylic acid groups (broad SMARTS) is 1. The molecule has 2 aliphatic heterocycles. The number of carbonyl (C=O) groups excluding carboxylic acids is 1. The minimum Gasteiger partial charge on any atom is -0.497 e. The van der Waals surface area contributed by atoms with Crippen molar-refractivity contribution in [2.45, 2.75) is 81.6 Å². The van der Waals surface area contributed by atoms with Gasteiger partial charge in [0.1, 0.15) is 5.75 Å². The topological polar surface area (TPSA) is 70.1 Å². The number of piperidine rings is 1. The minimum atomic E-state index is -4.50. The first-order valence-electron chi connectivity index (χ1n) is 14.9. The average molecular weight is 605 g/mol. The number of nitrogens with zero attached hydrogens (tertiary/aromatic N) is 2. The summed E-state index contributed by atoms with van der Waals surface area (Å²) >= 11 is 0. The fraction of sp³-hybridized carbons (Fsp3) is 0.576. The maximum Gasteiger partial charge on any atom is 0.416 e. The number of carbonyl (C=O) groups is 2. The maximum atomic E-state index is 17.1. The van der Waals surface area contributed by atoms with Crippen LogP contribution in [-0.2, 0) is 15.8 Å². The summed E-state index contributed by atoms with van der Waals surface area (Å²) in [5, 5.41) is 9.31. The van der Waals surface area contributed by atoms with Crippen LogP contribution in [0.15, 0.2) is 42.5 Å². The summed E-state index contributed by atoms with van der Waals surface area (Å²) in [4.78, 5) is 28.9. The number of amides is 1. The largest absolute Gasteiger partial charge is 0.497 e. The fourth-order valence-corrected chi connectivity index (χ4v) is 6.96. The van der Waals surface area contributed by atoms with Gasteiger partial charge in [0.15, 0.2) is 0 Å². The highest BCUT2D eigenvalue weighted by Gasteiger charge is 2.57. The summed E-state index contributed by atoms with van der Waals surface area (Å²) in [7, 11) is 1.56. The fourth-order valence-electron chi connectivity index (χ4n) is 6.96. The third-order valence-electron chi connectivity index (χ3n) is 9.76. The van der Waals surface area contributed by atoms with Gasteiger partial charge in [0.2, 0.25) is 5.67 Å². The summed E-state index contributed by atoms with van der Waals surface area (Å²) in [5.41, 5.74) is -1.16. The lowest BCUT2D eigenvalue weighted by Crippen LogP contribution is -2.53.